The molecule has 1 unspecified atom stereocenters. The first-order valence-corrected chi connectivity index (χ1v) is 9.62. The smallest absolute Gasteiger partial charge is 0.302 e. The molecule has 1 atom stereocenters. The van der Waals surface area contributed by atoms with E-state index >= 15 is 0 Å². The van der Waals surface area contributed by atoms with E-state index in [1.54, 1.807) is 0 Å². The Hall–Kier alpha value is -0.180. The van der Waals surface area contributed by atoms with Gasteiger partial charge in [-0.2, -0.15) is 12.6 Å². The first-order chi connectivity index (χ1) is 10.2. The lowest BCUT2D eigenvalue weighted by Crippen LogP contribution is -2.16. The third kappa shape index (κ3) is 16.0. The summed E-state index contributed by atoms with van der Waals surface area (Å²) in [5.41, 5.74) is 0. The molecule has 0 bridgehead atoms. The molecule has 0 aromatic heterocycles. The molecular weight excluding hydrogens is 280 g/mol. The Morgan fingerprint density at radius 2 is 1.33 bits per heavy atom. The summed E-state index contributed by atoms with van der Waals surface area (Å²) in [5.74, 6) is 0.884. The van der Waals surface area contributed by atoms with Gasteiger partial charge in [-0.3, -0.25) is 4.79 Å². The molecule has 0 saturated heterocycles. The van der Waals surface area contributed by atoms with Crippen LogP contribution in [-0.2, 0) is 9.53 Å². The topological polar surface area (TPSA) is 26.3 Å². The normalized spacial score (nSPS) is 12.3. The average molecular weight is 317 g/mol. The minimum atomic E-state index is -0.123. The molecule has 0 heterocycles. The molecule has 0 saturated carbocycles. The Labute approximate surface area is 137 Å². The lowest BCUT2D eigenvalue weighted by molar-refractivity contribution is -0.147. The fraction of sp³-hybridized carbons (Fsp3) is 0.944. The van der Waals surface area contributed by atoms with Crippen LogP contribution < -0.4 is 0 Å². The zero-order valence-corrected chi connectivity index (χ0v) is 15.1. The van der Waals surface area contributed by atoms with Crippen LogP contribution >= 0.6 is 12.6 Å². The van der Waals surface area contributed by atoms with Crippen molar-refractivity contribution in [2.45, 2.75) is 103 Å². The van der Waals surface area contributed by atoms with Crippen LogP contribution in [0, 0.1) is 0 Å². The largest absolute Gasteiger partial charge is 0.463 e. The molecule has 0 spiro atoms. The molecule has 0 amide bonds. The molecule has 126 valence electrons. The first kappa shape index (κ1) is 20.8. The minimum Gasteiger partial charge on any atom is -0.463 e. The summed E-state index contributed by atoms with van der Waals surface area (Å²) in [4.78, 5) is 11.2. The molecule has 0 aliphatic heterocycles. The molecule has 0 N–H and O–H groups in total. The van der Waals surface area contributed by atoms with Crippen LogP contribution in [0.1, 0.15) is 97.3 Å². The van der Waals surface area contributed by atoms with Crippen molar-refractivity contribution in [2.75, 3.05) is 5.75 Å². The van der Waals surface area contributed by atoms with E-state index in [9.17, 15) is 4.79 Å². The zero-order chi connectivity index (χ0) is 15.8. The van der Waals surface area contributed by atoms with Crippen LogP contribution in [-0.4, -0.2) is 17.8 Å². The maximum atomic E-state index is 11.2. The number of ether oxygens (including phenoxy) is 1. The van der Waals surface area contributed by atoms with Crippen molar-refractivity contribution in [2.24, 2.45) is 0 Å². The van der Waals surface area contributed by atoms with Crippen LogP contribution in [0.3, 0.4) is 0 Å². The lowest BCUT2D eigenvalue weighted by Gasteiger charge is -2.17. The van der Waals surface area contributed by atoms with E-state index in [1.807, 2.05) is 0 Å². The summed E-state index contributed by atoms with van der Waals surface area (Å²) in [6.45, 7) is 3.76. The van der Waals surface area contributed by atoms with Crippen LogP contribution in [0.5, 0.6) is 0 Å². The van der Waals surface area contributed by atoms with Gasteiger partial charge in [0.05, 0.1) is 0 Å². The average Bonchev–Trinajstić information content (AvgIpc) is 2.45. The van der Waals surface area contributed by atoms with Crippen molar-refractivity contribution in [3.05, 3.63) is 0 Å². The first-order valence-electron chi connectivity index (χ1n) is 8.98. The van der Waals surface area contributed by atoms with Gasteiger partial charge in [-0.15, -0.1) is 0 Å². The van der Waals surface area contributed by atoms with E-state index < -0.39 is 0 Å². The Bertz CT molecular complexity index is 231. The van der Waals surface area contributed by atoms with Crippen LogP contribution in [0.2, 0.25) is 0 Å². The number of hydrogen-bond donors (Lipinski definition) is 1. The number of thiol groups is 1. The Morgan fingerprint density at radius 3 is 1.81 bits per heavy atom. The minimum absolute atomic E-state index is 0.123. The van der Waals surface area contributed by atoms with E-state index in [2.05, 4.69) is 19.6 Å². The standard InChI is InChI=1S/C18H36O2S/c1-3-4-5-8-11-14-18(20-17(2)19)15-12-9-6-7-10-13-16-21/h18,21H,3-16H2,1-2H3. The van der Waals surface area contributed by atoms with Crippen molar-refractivity contribution >= 4 is 18.6 Å². The van der Waals surface area contributed by atoms with Crippen molar-refractivity contribution in [3.63, 3.8) is 0 Å². The Balaban J connectivity index is 3.63. The van der Waals surface area contributed by atoms with Crippen molar-refractivity contribution in [1.29, 1.82) is 0 Å². The molecule has 0 aliphatic carbocycles. The van der Waals surface area contributed by atoms with E-state index in [1.165, 1.54) is 77.6 Å². The highest BCUT2D eigenvalue weighted by Gasteiger charge is 2.11. The number of hydrogen-bond acceptors (Lipinski definition) is 3. The molecule has 0 radical (unpaired) electrons. The number of carbonyl (C=O) groups excluding carboxylic acids is 1. The van der Waals surface area contributed by atoms with Gasteiger partial charge in [0.1, 0.15) is 6.10 Å². The molecule has 0 fully saturated rings. The molecule has 3 heteroatoms. The third-order valence-electron chi connectivity index (χ3n) is 3.90. The number of rotatable bonds is 15. The summed E-state index contributed by atoms with van der Waals surface area (Å²) >= 11 is 4.23. The Kier molecular flexibility index (Phi) is 16.1. The maximum Gasteiger partial charge on any atom is 0.302 e. The quantitative estimate of drug-likeness (QED) is 0.230. The van der Waals surface area contributed by atoms with Gasteiger partial charge in [-0.25, -0.2) is 0 Å². The molecular formula is C18H36O2S. The van der Waals surface area contributed by atoms with Gasteiger partial charge in [-0.1, -0.05) is 58.3 Å². The second-order valence-corrected chi connectivity index (χ2v) is 6.52. The number of carbonyl (C=O) groups is 1. The van der Waals surface area contributed by atoms with Crippen molar-refractivity contribution < 1.29 is 9.53 Å². The van der Waals surface area contributed by atoms with E-state index in [0.717, 1.165) is 18.6 Å². The number of esters is 1. The second-order valence-electron chi connectivity index (χ2n) is 6.07. The molecule has 21 heavy (non-hydrogen) atoms. The van der Waals surface area contributed by atoms with Crippen molar-refractivity contribution in [3.8, 4) is 0 Å². The second kappa shape index (κ2) is 16.2. The van der Waals surface area contributed by atoms with E-state index in [4.69, 9.17) is 4.74 Å². The molecule has 0 aromatic rings. The molecule has 2 nitrogen and oxygen atoms in total. The molecule has 0 aromatic carbocycles. The molecule has 0 aliphatic rings. The van der Waals surface area contributed by atoms with Gasteiger partial charge < -0.3 is 4.74 Å². The maximum absolute atomic E-state index is 11.2. The monoisotopic (exact) mass is 316 g/mol. The van der Waals surface area contributed by atoms with Gasteiger partial charge in [0, 0.05) is 6.92 Å². The summed E-state index contributed by atoms with van der Waals surface area (Å²) < 4.78 is 5.45. The van der Waals surface area contributed by atoms with Gasteiger partial charge in [0.25, 0.3) is 0 Å². The van der Waals surface area contributed by atoms with E-state index in [-0.39, 0.29) is 12.1 Å². The van der Waals surface area contributed by atoms with E-state index in [0.29, 0.717) is 0 Å². The van der Waals surface area contributed by atoms with Crippen LogP contribution in [0.15, 0.2) is 0 Å². The predicted octanol–water partition coefficient (Wildman–Crippen LogP) is 5.94. The van der Waals surface area contributed by atoms with Crippen LogP contribution in [0.4, 0.5) is 0 Å². The highest BCUT2D eigenvalue weighted by molar-refractivity contribution is 7.80. The third-order valence-corrected chi connectivity index (χ3v) is 4.21. The lowest BCUT2D eigenvalue weighted by atomic mass is 10.0. The van der Waals surface area contributed by atoms with Crippen LogP contribution in [0.25, 0.3) is 0 Å². The highest BCUT2D eigenvalue weighted by Crippen LogP contribution is 2.16. The summed E-state index contributed by atoms with van der Waals surface area (Å²) in [6.07, 6.45) is 16.2. The molecule has 0 rings (SSSR count). The summed E-state index contributed by atoms with van der Waals surface area (Å²) in [7, 11) is 0. The fourth-order valence-electron chi connectivity index (χ4n) is 2.66. The van der Waals surface area contributed by atoms with Gasteiger partial charge in [0.2, 0.25) is 0 Å². The van der Waals surface area contributed by atoms with Gasteiger partial charge in [-0.05, 0) is 37.9 Å². The summed E-state index contributed by atoms with van der Waals surface area (Å²) in [6, 6.07) is 0. The highest BCUT2D eigenvalue weighted by atomic mass is 32.1. The SMILES string of the molecule is CCCCCCCC(CCCCCCCCS)OC(C)=O. The fourth-order valence-corrected chi connectivity index (χ4v) is 2.89. The van der Waals surface area contributed by atoms with Gasteiger partial charge >= 0.3 is 5.97 Å². The van der Waals surface area contributed by atoms with Crippen molar-refractivity contribution in [1.82, 2.24) is 0 Å². The number of unbranched alkanes of at least 4 members (excludes halogenated alkanes) is 9. The Morgan fingerprint density at radius 1 is 0.857 bits per heavy atom. The van der Waals surface area contributed by atoms with Gasteiger partial charge in [0.15, 0.2) is 0 Å². The predicted molar refractivity (Wildman–Crippen MR) is 95.1 cm³/mol. The zero-order valence-electron chi connectivity index (χ0n) is 14.2. The summed E-state index contributed by atoms with van der Waals surface area (Å²) in [5, 5.41) is 0.